The zero-order chi connectivity index (χ0) is 14.9. The standard InChI is InChI=1S/C13H7Cl2F2NO2/c14-7-4-8(15)12(19)11(5-7)18-13(20)6-1-2-9(16)10(17)3-6/h1-5,19H,(H,18,20). The first-order valence-electron chi connectivity index (χ1n) is 5.33. The summed E-state index contributed by atoms with van der Waals surface area (Å²) in [5.41, 5.74) is -0.142. The minimum atomic E-state index is -1.15. The van der Waals surface area contributed by atoms with Gasteiger partial charge in [-0.2, -0.15) is 0 Å². The molecule has 0 spiro atoms. The molecule has 0 heterocycles. The van der Waals surface area contributed by atoms with E-state index in [0.717, 1.165) is 18.2 Å². The van der Waals surface area contributed by atoms with E-state index in [9.17, 15) is 18.7 Å². The van der Waals surface area contributed by atoms with Crippen molar-refractivity contribution in [1.29, 1.82) is 0 Å². The summed E-state index contributed by atoms with van der Waals surface area (Å²) in [5, 5.41) is 12.1. The Bertz CT molecular complexity index is 692. The lowest BCUT2D eigenvalue weighted by Crippen LogP contribution is -2.12. The van der Waals surface area contributed by atoms with Crippen LogP contribution >= 0.6 is 23.2 Å². The van der Waals surface area contributed by atoms with Crippen molar-refractivity contribution in [3.63, 3.8) is 0 Å². The first-order valence-corrected chi connectivity index (χ1v) is 6.08. The Morgan fingerprint density at radius 1 is 1.10 bits per heavy atom. The summed E-state index contributed by atoms with van der Waals surface area (Å²) >= 11 is 11.4. The molecule has 7 heteroatoms. The number of aromatic hydroxyl groups is 1. The van der Waals surface area contributed by atoms with Crippen molar-refractivity contribution >= 4 is 34.8 Å². The second-order valence-corrected chi connectivity index (χ2v) is 4.71. The smallest absolute Gasteiger partial charge is 0.255 e. The molecule has 0 bridgehead atoms. The quantitative estimate of drug-likeness (QED) is 0.814. The number of carbonyl (C=O) groups is 1. The average molecular weight is 318 g/mol. The number of rotatable bonds is 2. The molecule has 0 saturated heterocycles. The maximum atomic E-state index is 13.0. The van der Waals surface area contributed by atoms with Gasteiger partial charge in [-0.25, -0.2) is 8.78 Å². The van der Waals surface area contributed by atoms with Crippen LogP contribution in [0.1, 0.15) is 10.4 Å². The van der Waals surface area contributed by atoms with Crippen molar-refractivity contribution in [2.24, 2.45) is 0 Å². The van der Waals surface area contributed by atoms with Gasteiger partial charge in [0, 0.05) is 10.6 Å². The summed E-state index contributed by atoms with van der Waals surface area (Å²) < 4.78 is 25.8. The number of amides is 1. The van der Waals surface area contributed by atoms with E-state index in [0.29, 0.717) is 0 Å². The molecule has 104 valence electrons. The van der Waals surface area contributed by atoms with Gasteiger partial charge in [-0.15, -0.1) is 0 Å². The van der Waals surface area contributed by atoms with Crippen LogP contribution in [0, 0.1) is 11.6 Å². The SMILES string of the molecule is O=C(Nc1cc(Cl)cc(Cl)c1O)c1ccc(F)c(F)c1. The highest BCUT2D eigenvalue weighted by Crippen LogP contribution is 2.35. The highest BCUT2D eigenvalue weighted by molar-refractivity contribution is 6.36. The van der Waals surface area contributed by atoms with Crippen molar-refractivity contribution < 1.29 is 18.7 Å². The number of anilines is 1. The molecule has 2 rings (SSSR count). The Morgan fingerprint density at radius 3 is 2.45 bits per heavy atom. The van der Waals surface area contributed by atoms with Crippen LogP contribution in [0.5, 0.6) is 5.75 Å². The molecule has 0 aliphatic heterocycles. The van der Waals surface area contributed by atoms with Crippen molar-refractivity contribution in [2.75, 3.05) is 5.32 Å². The summed E-state index contributed by atoms with van der Waals surface area (Å²) in [6.45, 7) is 0. The third-order valence-electron chi connectivity index (χ3n) is 2.46. The fraction of sp³-hybridized carbons (Fsp3) is 0. The van der Waals surface area contributed by atoms with E-state index in [-0.39, 0.29) is 27.0 Å². The van der Waals surface area contributed by atoms with Crippen LogP contribution in [-0.4, -0.2) is 11.0 Å². The number of phenols is 1. The number of hydrogen-bond acceptors (Lipinski definition) is 2. The Hall–Kier alpha value is -1.85. The maximum Gasteiger partial charge on any atom is 0.255 e. The number of hydrogen-bond donors (Lipinski definition) is 2. The Kier molecular flexibility index (Phi) is 4.11. The molecule has 2 aromatic carbocycles. The molecule has 0 aromatic heterocycles. The number of phenolic OH excluding ortho intramolecular Hbond substituents is 1. The molecular weight excluding hydrogens is 311 g/mol. The third-order valence-corrected chi connectivity index (χ3v) is 2.96. The van der Waals surface area contributed by atoms with Crippen LogP contribution in [0.15, 0.2) is 30.3 Å². The van der Waals surface area contributed by atoms with Crippen LogP contribution < -0.4 is 5.32 Å². The second kappa shape index (κ2) is 5.64. The summed E-state index contributed by atoms with van der Waals surface area (Å²) in [6, 6.07) is 5.26. The van der Waals surface area contributed by atoms with E-state index < -0.39 is 17.5 Å². The zero-order valence-corrected chi connectivity index (χ0v) is 11.3. The largest absolute Gasteiger partial charge is 0.504 e. The molecule has 20 heavy (non-hydrogen) atoms. The monoisotopic (exact) mass is 317 g/mol. The molecule has 0 aliphatic rings. The minimum Gasteiger partial charge on any atom is -0.504 e. The molecule has 1 amide bonds. The maximum absolute atomic E-state index is 13.0. The Labute approximate surface area is 122 Å². The van der Waals surface area contributed by atoms with Crippen molar-refractivity contribution in [3.8, 4) is 5.75 Å². The molecule has 0 fully saturated rings. The molecule has 0 radical (unpaired) electrons. The Morgan fingerprint density at radius 2 is 1.80 bits per heavy atom. The molecule has 2 N–H and O–H groups in total. The van der Waals surface area contributed by atoms with Gasteiger partial charge in [0.2, 0.25) is 0 Å². The first kappa shape index (κ1) is 14.6. The fourth-order valence-corrected chi connectivity index (χ4v) is 1.99. The van der Waals surface area contributed by atoms with Gasteiger partial charge in [0.15, 0.2) is 17.4 Å². The fourth-order valence-electron chi connectivity index (χ4n) is 1.49. The van der Waals surface area contributed by atoms with Gasteiger partial charge in [-0.3, -0.25) is 4.79 Å². The Balaban J connectivity index is 2.30. The summed E-state index contributed by atoms with van der Waals surface area (Å²) in [6.07, 6.45) is 0. The van der Waals surface area contributed by atoms with Crippen LogP contribution in [0.25, 0.3) is 0 Å². The predicted molar refractivity (Wildman–Crippen MR) is 72.4 cm³/mol. The summed E-state index contributed by atoms with van der Waals surface area (Å²) in [5.74, 6) is -3.31. The van der Waals surface area contributed by atoms with Gasteiger partial charge in [0.25, 0.3) is 5.91 Å². The second-order valence-electron chi connectivity index (χ2n) is 3.87. The topological polar surface area (TPSA) is 49.3 Å². The summed E-state index contributed by atoms with van der Waals surface area (Å²) in [7, 11) is 0. The molecule has 2 aromatic rings. The van der Waals surface area contributed by atoms with Crippen molar-refractivity contribution in [1.82, 2.24) is 0 Å². The van der Waals surface area contributed by atoms with Crippen molar-refractivity contribution in [3.05, 3.63) is 57.6 Å². The van der Waals surface area contributed by atoms with E-state index in [1.165, 1.54) is 12.1 Å². The van der Waals surface area contributed by atoms with E-state index in [4.69, 9.17) is 23.2 Å². The minimum absolute atomic E-state index is 0.0303. The number of carbonyl (C=O) groups excluding carboxylic acids is 1. The third kappa shape index (κ3) is 3.00. The number of benzene rings is 2. The van der Waals surface area contributed by atoms with E-state index in [2.05, 4.69) is 5.32 Å². The molecule has 0 saturated carbocycles. The van der Waals surface area contributed by atoms with Crippen molar-refractivity contribution in [2.45, 2.75) is 0 Å². The van der Waals surface area contributed by atoms with Crippen LogP contribution in [0.3, 0.4) is 0 Å². The van der Waals surface area contributed by atoms with Gasteiger partial charge >= 0.3 is 0 Å². The van der Waals surface area contributed by atoms with E-state index in [1.807, 2.05) is 0 Å². The molecule has 0 aliphatic carbocycles. The molecule has 0 atom stereocenters. The number of nitrogens with one attached hydrogen (secondary N) is 1. The molecule has 0 unspecified atom stereocenters. The molecule has 3 nitrogen and oxygen atoms in total. The zero-order valence-electron chi connectivity index (χ0n) is 9.75. The lowest BCUT2D eigenvalue weighted by atomic mass is 10.2. The van der Waals surface area contributed by atoms with Crippen LogP contribution in [0.4, 0.5) is 14.5 Å². The van der Waals surface area contributed by atoms with E-state index >= 15 is 0 Å². The van der Waals surface area contributed by atoms with E-state index in [1.54, 1.807) is 0 Å². The average Bonchev–Trinajstić information content (AvgIpc) is 2.38. The lowest BCUT2D eigenvalue weighted by Gasteiger charge is -2.09. The first-order chi connectivity index (χ1) is 9.38. The van der Waals surface area contributed by atoms with Crippen LogP contribution in [-0.2, 0) is 0 Å². The highest BCUT2D eigenvalue weighted by atomic mass is 35.5. The molecular formula is C13H7Cl2F2NO2. The van der Waals surface area contributed by atoms with Gasteiger partial charge in [0.1, 0.15) is 0 Å². The summed E-state index contributed by atoms with van der Waals surface area (Å²) in [4.78, 5) is 11.9. The lowest BCUT2D eigenvalue weighted by molar-refractivity contribution is 0.102. The predicted octanol–water partition coefficient (Wildman–Crippen LogP) is 4.23. The van der Waals surface area contributed by atoms with Gasteiger partial charge in [-0.1, -0.05) is 23.2 Å². The number of halogens is 4. The van der Waals surface area contributed by atoms with Gasteiger partial charge in [0.05, 0.1) is 10.7 Å². The van der Waals surface area contributed by atoms with Gasteiger partial charge in [-0.05, 0) is 30.3 Å². The highest BCUT2D eigenvalue weighted by Gasteiger charge is 2.14. The normalized spacial score (nSPS) is 10.4. The van der Waals surface area contributed by atoms with Crippen LogP contribution in [0.2, 0.25) is 10.0 Å². The van der Waals surface area contributed by atoms with Gasteiger partial charge < -0.3 is 10.4 Å².